The first kappa shape index (κ1) is 12.3. The predicted octanol–water partition coefficient (Wildman–Crippen LogP) is 1.15. The van der Waals surface area contributed by atoms with E-state index in [0.29, 0.717) is 0 Å². The molecule has 2 fully saturated rings. The standard InChI is InChI=1S/C13H27N3/c1-3-16-8-4-5-13(11-16)14-12-6-9-15(2)10-7-12/h12-14H,3-11H2,1-2H3. The molecule has 0 aromatic rings. The van der Waals surface area contributed by atoms with Crippen molar-refractivity contribution in [1.82, 2.24) is 15.1 Å². The van der Waals surface area contributed by atoms with E-state index in [-0.39, 0.29) is 0 Å². The van der Waals surface area contributed by atoms with Gasteiger partial charge in [-0.15, -0.1) is 0 Å². The summed E-state index contributed by atoms with van der Waals surface area (Å²) in [6.45, 7) is 8.60. The fourth-order valence-electron chi connectivity index (χ4n) is 2.99. The molecule has 1 unspecified atom stereocenters. The Morgan fingerprint density at radius 3 is 2.50 bits per heavy atom. The van der Waals surface area contributed by atoms with Crippen LogP contribution < -0.4 is 5.32 Å². The molecule has 2 saturated heterocycles. The van der Waals surface area contributed by atoms with E-state index < -0.39 is 0 Å². The number of piperidine rings is 2. The van der Waals surface area contributed by atoms with Crippen molar-refractivity contribution >= 4 is 0 Å². The number of rotatable bonds is 3. The summed E-state index contributed by atoms with van der Waals surface area (Å²) in [6, 6.07) is 1.53. The molecule has 1 atom stereocenters. The maximum atomic E-state index is 3.87. The molecule has 2 rings (SSSR count). The van der Waals surface area contributed by atoms with Crippen molar-refractivity contribution in [2.45, 2.75) is 44.7 Å². The lowest BCUT2D eigenvalue weighted by Gasteiger charge is -2.37. The second kappa shape index (κ2) is 5.99. The maximum absolute atomic E-state index is 3.87. The van der Waals surface area contributed by atoms with Crippen molar-refractivity contribution in [3.05, 3.63) is 0 Å². The van der Waals surface area contributed by atoms with Gasteiger partial charge in [0.15, 0.2) is 0 Å². The van der Waals surface area contributed by atoms with Crippen LogP contribution in [-0.4, -0.2) is 61.7 Å². The fraction of sp³-hybridized carbons (Fsp3) is 1.00. The van der Waals surface area contributed by atoms with E-state index in [1.54, 1.807) is 0 Å². The van der Waals surface area contributed by atoms with E-state index >= 15 is 0 Å². The van der Waals surface area contributed by atoms with Crippen LogP contribution in [0.25, 0.3) is 0 Å². The lowest BCUT2D eigenvalue weighted by atomic mass is 10.0. The normalized spacial score (nSPS) is 30.8. The zero-order valence-electron chi connectivity index (χ0n) is 10.9. The predicted molar refractivity (Wildman–Crippen MR) is 68.8 cm³/mol. The lowest BCUT2D eigenvalue weighted by molar-refractivity contribution is 0.167. The summed E-state index contributed by atoms with van der Waals surface area (Å²) < 4.78 is 0. The smallest absolute Gasteiger partial charge is 0.0198 e. The van der Waals surface area contributed by atoms with E-state index in [1.165, 1.54) is 58.4 Å². The molecule has 0 aromatic heterocycles. The van der Waals surface area contributed by atoms with Gasteiger partial charge in [-0.1, -0.05) is 6.92 Å². The van der Waals surface area contributed by atoms with Crippen LogP contribution in [0.1, 0.15) is 32.6 Å². The van der Waals surface area contributed by atoms with Crippen LogP contribution in [0.2, 0.25) is 0 Å². The molecule has 2 heterocycles. The largest absolute Gasteiger partial charge is 0.310 e. The minimum atomic E-state index is 0.752. The highest BCUT2D eigenvalue weighted by molar-refractivity contribution is 4.83. The molecule has 2 aliphatic rings. The van der Waals surface area contributed by atoms with Crippen LogP contribution in [-0.2, 0) is 0 Å². The van der Waals surface area contributed by atoms with Crippen molar-refractivity contribution < 1.29 is 0 Å². The van der Waals surface area contributed by atoms with E-state index in [9.17, 15) is 0 Å². The number of nitrogens with one attached hydrogen (secondary N) is 1. The molecular weight excluding hydrogens is 198 g/mol. The molecule has 0 spiro atoms. The number of likely N-dealkylation sites (N-methyl/N-ethyl adjacent to an activating group) is 1. The molecule has 0 bridgehead atoms. The summed E-state index contributed by atoms with van der Waals surface area (Å²) in [5.74, 6) is 0. The summed E-state index contributed by atoms with van der Waals surface area (Å²) in [4.78, 5) is 5.02. The summed E-state index contributed by atoms with van der Waals surface area (Å²) in [5, 5.41) is 3.87. The molecule has 0 radical (unpaired) electrons. The lowest BCUT2D eigenvalue weighted by Crippen LogP contribution is -2.51. The Bertz CT molecular complexity index is 199. The van der Waals surface area contributed by atoms with E-state index in [4.69, 9.17) is 0 Å². The van der Waals surface area contributed by atoms with Gasteiger partial charge in [0.05, 0.1) is 0 Å². The maximum Gasteiger partial charge on any atom is 0.0198 e. The average molecular weight is 225 g/mol. The third-order valence-electron chi connectivity index (χ3n) is 4.14. The van der Waals surface area contributed by atoms with Gasteiger partial charge >= 0.3 is 0 Å². The molecule has 3 heteroatoms. The molecule has 0 aliphatic carbocycles. The minimum Gasteiger partial charge on any atom is -0.310 e. The van der Waals surface area contributed by atoms with Gasteiger partial charge in [-0.3, -0.25) is 0 Å². The zero-order valence-corrected chi connectivity index (χ0v) is 10.9. The quantitative estimate of drug-likeness (QED) is 0.777. The van der Waals surface area contributed by atoms with E-state index in [1.807, 2.05) is 0 Å². The molecule has 1 N–H and O–H groups in total. The van der Waals surface area contributed by atoms with E-state index in [0.717, 1.165) is 12.1 Å². The van der Waals surface area contributed by atoms with Crippen LogP contribution >= 0.6 is 0 Å². The highest BCUT2D eigenvalue weighted by atomic mass is 15.2. The van der Waals surface area contributed by atoms with Crippen LogP contribution in [0.4, 0.5) is 0 Å². The SMILES string of the molecule is CCN1CCCC(NC2CCN(C)CC2)C1. The number of nitrogens with zero attached hydrogens (tertiary/aromatic N) is 2. The van der Waals surface area contributed by atoms with Crippen LogP contribution in [0, 0.1) is 0 Å². The van der Waals surface area contributed by atoms with Crippen molar-refractivity contribution in [2.75, 3.05) is 39.8 Å². The van der Waals surface area contributed by atoms with Gasteiger partial charge in [-0.05, 0) is 58.9 Å². The third kappa shape index (κ3) is 3.44. The van der Waals surface area contributed by atoms with Crippen LogP contribution in [0.5, 0.6) is 0 Å². The Labute approximate surface area is 100 Å². The van der Waals surface area contributed by atoms with Gasteiger partial charge in [-0.2, -0.15) is 0 Å². The van der Waals surface area contributed by atoms with Crippen molar-refractivity contribution in [2.24, 2.45) is 0 Å². The van der Waals surface area contributed by atoms with Gasteiger partial charge < -0.3 is 15.1 Å². The highest BCUT2D eigenvalue weighted by Gasteiger charge is 2.23. The Balaban J connectivity index is 1.72. The van der Waals surface area contributed by atoms with Gasteiger partial charge in [0.25, 0.3) is 0 Å². The number of hydrogen-bond acceptors (Lipinski definition) is 3. The van der Waals surface area contributed by atoms with Crippen molar-refractivity contribution in [3.63, 3.8) is 0 Å². The summed E-state index contributed by atoms with van der Waals surface area (Å²) in [6.07, 6.45) is 5.42. The van der Waals surface area contributed by atoms with Crippen LogP contribution in [0.15, 0.2) is 0 Å². The Kier molecular flexibility index (Phi) is 4.62. The highest BCUT2D eigenvalue weighted by Crippen LogP contribution is 2.14. The summed E-state index contributed by atoms with van der Waals surface area (Å²) in [5.41, 5.74) is 0. The minimum absolute atomic E-state index is 0.752. The second-order valence-corrected chi connectivity index (χ2v) is 5.48. The molecule has 16 heavy (non-hydrogen) atoms. The molecule has 94 valence electrons. The van der Waals surface area contributed by atoms with Crippen molar-refractivity contribution in [1.29, 1.82) is 0 Å². The van der Waals surface area contributed by atoms with Crippen LogP contribution in [0.3, 0.4) is 0 Å². The fourth-order valence-corrected chi connectivity index (χ4v) is 2.99. The molecule has 0 saturated carbocycles. The number of likely N-dealkylation sites (tertiary alicyclic amines) is 2. The second-order valence-electron chi connectivity index (χ2n) is 5.48. The summed E-state index contributed by atoms with van der Waals surface area (Å²) >= 11 is 0. The molecule has 3 nitrogen and oxygen atoms in total. The number of hydrogen-bond donors (Lipinski definition) is 1. The summed E-state index contributed by atoms with van der Waals surface area (Å²) in [7, 11) is 2.23. The topological polar surface area (TPSA) is 18.5 Å². The molecule has 0 amide bonds. The Morgan fingerprint density at radius 1 is 1.06 bits per heavy atom. The first-order chi connectivity index (χ1) is 7.78. The first-order valence-electron chi connectivity index (χ1n) is 6.95. The molecular formula is C13H27N3. The third-order valence-corrected chi connectivity index (χ3v) is 4.14. The molecule has 0 aromatic carbocycles. The van der Waals surface area contributed by atoms with Gasteiger partial charge in [0.2, 0.25) is 0 Å². The van der Waals surface area contributed by atoms with E-state index in [2.05, 4.69) is 29.1 Å². The van der Waals surface area contributed by atoms with Gasteiger partial charge in [0.1, 0.15) is 0 Å². The Hall–Kier alpha value is -0.120. The van der Waals surface area contributed by atoms with Gasteiger partial charge in [0, 0.05) is 18.6 Å². The van der Waals surface area contributed by atoms with Gasteiger partial charge in [-0.25, -0.2) is 0 Å². The Morgan fingerprint density at radius 2 is 1.81 bits per heavy atom. The first-order valence-corrected chi connectivity index (χ1v) is 6.95. The molecule has 2 aliphatic heterocycles. The average Bonchev–Trinajstić information content (AvgIpc) is 2.32. The monoisotopic (exact) mass is 225 g/mol. The zero-order chi connectivity index (χ0) is 11.4. The van der Waals surface area contributed by atoms with Crippen molar-refractivity contribution in [3.8, 4) is 0 Å².